The van der Waals surface area contributed by atoms with Crippen molar-refractivity contribution in [1.29, 1.82) is 0 Å². The molecule has 1 aliphatic heterocycles. The van der Waals surface area contributed by atoms with E-state index in [9.17, 15) is 4.79 Å². The van der Waals surface area contributed by atoms with Crippen molar-refractivity contribution >= 4 is 11.6 Å². The zero-order chi connectivity index (χ0) is 13.3. The van der Waals surface area contributed by atoms with Crippen molar-refractivity contribution in [2.45, 2.75) is 26.3 Å². The van der Waals surface area contributed by atoms with Gasteiger partial charge in [0, 0.05) is 13.6 Å². The molecule has 2 N–H and O–H groups in total. The van der Waals surface area contributed by atoms with Gasteiger partial charge in [0.05, 0.1) is 30.6 Å². The lowest BCUT2D eigenvalue weighted by Crippen LogP contribution is -2.49. The summed E-state index contributed by atoms with van der Waals surface area (Å²) in [6.07, 6.45) is 0.877. The van der Waals surface area contributed by atoms with Crippen molar-refractivity contribution in [1.82, 2.24) is 14.7 Å². The van der Waals surface area contributed by atoms with E-state index in [0.717, 1.165) is 6.42 Å². The Morgan fingerprint density at radius 1 is 1.61 bits per heavy atom. The second-order valence-electron chi connectivity index (χ2n) is 4.61. The lowest BCUT2D eigenvalue weighted by Gasteiger charge is -2.35. The third-order valence-electron chi connectivity index (χ3n) is 3.43. The van der Waals surface area contributed by atoms with Gasteiger partial charge in [0.2, 0.25) is 0 Å². The van der Waals surface area contributed by atoms with Gasteiger partial charge in [-0.2, -0.15) is 5.10 Å². The summed E-state index contributed by atoms with van der Waals surface area (Å²) in [6.45, 7) is 5.65. The van der Waals surface area contributed by atoms with Gasteiger partial charge in [0.15, 0.2) is 0 Å². The molecule has 1 aliphatic rings. The molecule has 6 nitrogen and oxygen atoms in total. The number of carbonyl (C=O) groups is 1. The summed E-state index contributed by atoms with van der Waals surface area (Å²) in [5.41, 5.74) is 7.59. The third kappa shape index (κ3) is 2.08. The van der Waals surface area contributed by atoms with Gasteiger partial charge in [-0.25, -0.2) is 0 Å². The number of nitrogens with zero attached hydrogens (tertiary/aromatic N) is 3. The van der Waals surface area contributed by atoms with Crippen LogP contribution in [-0.2, 0) is 11.8 Å². The van der Waals surface area contributed by atoms with Crippen LogP contribution in [0.25, 0.3) is 0 Å². The molecule has 0 radical (unpaired) electrons. The molecule has 2 rings (SSSR count). The minimum atomic E-state index is -0.0502. The van der Waals surface area contributed by atoms with Crippen LogP contribution in [0.4, 0.5) is 5.69 Å². The van der Waals surface area contributed by atoms with Gasteiger partial charge in [-0.15, -0.1) is 0 Å². The fourth-order valence-corrected chi connectivity index (χ4v) is 2.32. The van der Waals surface area contributed by atoms with Gasteiger partial charge in [-0.1, -0.05) is 6.92 Å². The second kappa shape index (κ2) is 4.97. The summed E-state index contributed by atoms with van der Waals surface area (Å²) in [4.78, 5) is 14.4. The maximum absolute atomic E-state index is 12.6. The number of carbonyl (C=O) groups excluding carboxylic acids is 1. The highest BCUT2D eigenvalue weighted by molar-refractivity contribution is 5.98. The van der Waals surface area contributed by atoms with Crippen LogP contribution in [0.2, 0.25) is 0 Å². The van der Waals surface area contributed by atoms with Crippen LogP contribution in [0.15, 0.2) is 0 Å². The quantitative estimate of drug-likeness (QED) is 0.834. The van der Waals surface area contributed by atoms with Crippen molar-refractivity contribution in [3.63, 3.8) is 0 Å². The maximum atomic E-state index is 12.6. The number of ether oxygens (including phenoxy) is 1. The van der Waals surface area contributed by atoms with Crippen molar-refractivity contribution in [3.8, 4) is 0 Å². The van der Waals surface area contributed by atoms with Crippen molar-refractivity contribution in [2.75, 3.05) is 25.5 Å². The first-order valence-electron chi connectivity index (χ1n) is 6.24. The predicted octanol–water partition coefficient (Wildman–Crippen LogP) is 0.562. The Balaban J connectivity index is 2.29. The summed E-state index contributed by atoms with van der Waals surface area (Å²) >= 11 is 0. The number of morpholine rings is 1. The number of nitrogen functional groups attached to an aromatic ring is 1. The van der Waals surface area contributed by atoms with Crippen molar-refractivity contribution < 1.29 is 9.53 Å². The molecule has 0 aromatic carbocycles. The van der Waals surface area contributed by atoms with E-state index in [2.05, 4.69) is 12.0 Å². The van der Waals surface area contributed by atoms with Gasteiger partial charge < -0.3 is 15.4 Å². The number of aryl methyl sites for hydroxylation is 2. The SMILES string of the molecule is CCC1COCCN1C(=O)c1c(N)c(C)nn1C. The Morgan fingerprint density at radius 3 is 2.89 bits per heavy atom. The van der Waals surface area contributed by atoms with Crippen LogP contribution in [0.5, 0.6) is 0 Å². The van der Waals surface area contributed by atoms with Crippen molar-refractivity contribution in [3.05, 3.63) is 11.4 Å². The highest BCUT2D eigenvalue weighted by Crippen LogP contribution is 2.20. The predicted molar refractivity (Wildman–Crippen MR) is 68.3 cm³/mol. The lowest BCUT2D eigenvalue weighted by molar-refractivity contribution is -0.00330. The van der Waals surface area contributed by atoms with E-state index in [1.807, 2.05) is 11.8 Å². The van der Waals surface area contributed by atoms with Crippen LogP contribution in [0, 0.1) is 6.92 Å². The van der Waals surface area contributed by atoms with Crippen LogP contribution < -0.4 is 5.73 Å². The Hall–Kier alpha value is -1.56. The molecular weight excluding hydrogens is 232 g/mol. The molecule has 1 saturated heterocycles. The highest BCUT2D eigenvalue weighted by atomic mass is 16.5. The van der Waals surface area contributed by atoms with E-state index in [-0.39, 0.29) is 11.9 Å². The fraction of sp³-hybridized carbons (Fsp3) is 0.667. The van der Waals surface area contributed by atoms with Gasteiger partial charge >= 0.3 is 0 Å². The first-order chi connectivity index (χ1) is 8.56. The maximum Gasteiger partial charge on any atom is 0.274 e. The van der Waals surface area contributed by atoms with Crippen molar-refractivity contribution in [2.24, 2.45) is 7.05 Å². The molecule has 1 amide bonds. The number of amides is 1. The highest BCUT2D eigenvalue weighted by Gasteiger charge is 2.30. The average molecular weight is 252 g/mol. The zero-order valence-corrected chi connectivity index (χ0v) is 11.1. The summed E-state index contributed by atoms with van der Waals surface area (Å²) in [5.74, 6) is -0.0502. The summed E-state index contributed by atoms with van der Waals surface area (Å²) in [6, 6.07) is 0.126. The molecule has 1 fully saturated rings. The first kappa shape index (κ1) is 12.9. The molecule has 2 heterocycles. The second-order valence-corrected chi connectivity index (χ2v) is 4.61. The molecule has 1 atom stereocenters. The van der Waals surface area contributed by atoms with Crippen LogP contribution >= 0.6 is 0 Å². The Kier molecular flexibility index (Phi) is 3.56. The zero-order valence-electron chi connectivity index (χ0n) is 11.1. The molecule has 6 heteroatoms. The fourth-order valence-electron chi connectivity index (χ4n) is 2.32. The largest absolute Gasteiger partial charge is 0.395 e. The van der Waals surface area contributed by atoms with E-state index in [1.54, 1.807) is 11.7 Å². The minimum absolute atomic E-state index is 0.0502. The standard InChI is InChI=1S/C12H20N4O2/c1-4-9-7-18-6-5-16(9)12(17)11-10(13)8(2)14-15(11)3/h9H,4-7,13H2,1-3H3. The summed E-state index contributed by atoms with van der Waals surface area (Å²) in [5, 5.41) is 4.19. The lowest BCUT2D eigenvalue weighted by atomic mass is 10.1. The molecule has 100 valence electrons. The van der Waals surface area contributed by atoms with Gasteiger partial charge in [-0.3, -0.25) is 9.48 Å². The topological polar surface area (TPSA) is 73.4 Å². The Bertz CT molecular complexity index is 455. The molecule has 0 aliphatic carbocycles. The van der Waals surface area contributed by atoms with Gasteiger partial charge in [-0.05, 0) is 13.3 Å². The van der Waals surface area contributed by atoms with Crippen LogP contribution in [0.3, 0.4) is 0 Å². The Morgan fingerprint density at radius 2 is 2.33 bits per heavy atom. The average Bonchev–Trinajstić information content (AvgIpc) is 2.62. The molecule has 0 saturated carbocycles. The number of aromatic nitrogens is 2. The normalized spacial score (nSPS) is 20.2. The van der Waals surface area contributed by atoms with E-state index >= 15 is 0 Å². The number of rotatable bonds is 2. The molecule has 1 aromatic rings. The van der Waals surface area contributed by atoms with Gasteiger partial charge in [0.1, 0.15) is 5.69 Å². The molecule has 0 bridgehead atoms. The van der Waals surface area contributed by atoms with Gasteiger partial charge in [0.25, 0.3) is 5.91 Å². The summed E-state index contributed by atoms with van der Waals surface area (Å²) < 4.78 is 6.97. The van der Waals surface area contributed by atoms with E-state index in [1.165, 1.54) is 0 Å². The molecule has 1 unspecified atom stereocenters. The van der Waals surface area contributed by atoms with Crippen LogP contribution in [-0.4, -0.2) is 46.4 Å². The Labute approximate surface area is 107 Å². The number of hydrogen-bond acceptors (Lipinski definition) is 4. The molecule has 0 spiro atoms. The number of anilines is 1. The summed E-state index contributed by atoms with van der Waals surface area (Å²) in [7, 11) is 1.75. The molecular formula is C12H20N4O2. The van der Waals surface area contributed by atoms with E-state index in [4.69, 9.17) is 10.5 Å². The molecule has 18 heavy (non-hydrogen) atoms. The molecule has 1 aromatic heterocycles. The number of hydrogen-bond donors (Lipinski definition) is 1. The smallest absolute Gasteiger partial charge is 0.274 e. The van der Waals surface area contributed by atoms with E-state index < -0.39 is 0 Å². The minimum Gasteiger partial charge on any atom is -0.395 e. The monoisotopic (exact) mass is 252 g/mol. The number of nitrogens with two attached hydrogens (primary N) is 1. The third-order valence-corrected chi connectivity index (χ3v) is 3.43. The first-order valence-corrected chi connectivity index (χ1v) is 6.24. The van der Waals surface area contributed by atoms with E-state index in [0.29, 0.717) is 36.8 Å². The van der Waals surface area contributed by atoms with Crippen LogP contribution in [0.1, 0.15) is 29.5 Å².